The van der Waals surface area contributed by atoms with Crippen LogP contribution in [0.25, 0.3) is 0 Å². The van der Waals surface area contributed by atoms with Crippen molar-refractivity contribution in [1.82, 2.24) is 0 Å². The predicted molar refractivity (Wildman–Crippen MR) is 60.1 cm³/mol. The number of rotatable bonds is 3. The monoisotopic (exact) mass is 228 g/mol. The fraction of sp³-hybridized carbons (Fsp3) is 0.545. The van der Waals surface area contributed by atoms with Gasteiger partial charge in [-0.1, -0.05) is 6.07 Å². The summed E-state index contributed by atoms with van der Waals surface area (Å²) in [4.78, 5) is 10.4. The Morgan fingerprint density at radius 2 is 2.20 bits per heavy atom. The van der Waals surface area contributed by atoms with Gasteiger partial charge in [0, 0.05) is 18.4 Å². The Labute approximate surface area is 93.4 Å². The number of carboxylic acids is 1. The van der Waals surface area contributed by atoms with E-state index in [4.69, 9.17) is 15.0 Å². The van der Waals surface area contributed by atoms with E-state index in [0.717, 1.165) is 13.3 Å². The zero-order valence-electron chi connectivity index (χ0n) is 8.77. The third kappa shape index (κ3) is 4.44. The van der Waals surface area contributed by atoms with E-state index in [0.29, 0.717) is 6.61 Å². The molecule has 0 unspecified atom stereocenters. The van der Waals surface area contributed by atoms with Gasteiger partial charge in [-0.25, -0.2) is 0 Å². The summed E-state index contributed by atoms with van der Waals surface area (Å²) in [5, 5.41) is 18.6. The zero-order chi connectivity index (χ0) is 11.3. The molecule has 1 aliphatic carbocycles. The summed E-state index contributed by atoms with van der Waals surface area (Å²) >= 11 is 1.79. The fourth-order valence-corrected chi connectivity index (χ4v) is 2.23. The SMILES string of the molecule is CC(=O)O.OCC1(Cc2cccs2)CC1. The summed E-state index contributed by atoms with van der Waals surface area (Å²) in [6.45, 7) is 1.45. The molecule has 84 valence electrons. The van der Waals surface area contributed by atoms with E-state index in [1.54, 1.807) is 11.3 Å². The first-order valence-electron chi connectivity index (χ1n) is 4.91. The normalized spacial score (nSPS) is 16.4. The number of aliphatic hydroxyl groups is 1. The highest BCUT2D eigenvalue weighted by Crippen LogP contribution is 2.48. The van der Waals surface area contributed by atoms with Crippen LogP contribution in [-0.4, -0.2) is 22.8 Å². The summed E-state index contributed by atoms with van der Waals surface area (Å²) in [6, 6.07) is 4.23. The Morgan fingerprint density at radius 1 is 1.60 bits per heavy atom. The molecule has 0 atom stereocenters. The van der Waals surface area contributed by atoms with Gasteiger partial charge in [0.15, 0.2) is 0 Å². The zero-order valence-corrected chi connectivity index (χ0v) is 9.59. The van der Waals surface area contributed by atoms with Crippen molar-refractivity contribution in [3.63, 3.8) is 0 Å². The molecule has 1 saturated carbocycles. The lowest BCUT2D eigenvalue weighted by atomic mass is 10.0. The number of aliphatic carboxylic acids is 1. The molecule has 1 aromatic heterocycles. The molecule has 15 heavy (non-hydrogen) atoms. The molecule has 0 spiro atoms. The van der Waals surface area contributed by atoms with E-state index in [9.17, 15) is 0 Å². The van der Waals surface area contributed by atoms with Crippen LogP contribution >= 0.6 is 11.3 Å². The second-order valence-electron chi connectivity index (χ2n) is 3.93. The molecule has 1 aromatic rings. The minimum atomic E-state index is -0.833. The topological polar surface area (TPSA) is 57.5 Å². The van der Waals surface area contributed by atoms with Crippen molar-refractivity contribution in [2.75, 3.05) is 6.61 Å². The van der Waals surface area contributed by atoms with Crippen molar-refractivity contribution in [3.05, 3.63) is 22.4 Å². The first-order chi connectivity index (χ1) is 7.08. The van der Waals surface area contributed by atoms with Crippen molar-refractivity contribution in [2.45, 2.75) is 26.2 Å². The highest BCUT2D eigenvalue weighted by molar-refractivity contribution is 7.09. The van der Waals surface area contributed by atoms with E-state index in [1.807, 2.05) is 0 Å². The average Bonchev–Trinajstić information content (AvgIpc) is 2.73. The maximum absolute atomic E-state index is 9.06. The van der Waals surface area contributed by atoms with Crippen molar-refractivity contribution in [1.29, 1.82) is 0 Å². The van der Waals surface area contributed by atoms with Crippen LogP contribution in [-0.2, 0) is 11.2 Å². The van der Waals surface area contributed by atoms with E-state index >= 15 is 0 Å². The summed E-state index contributed by atoms with van der Waals surface area (Å²) in [5.41, 5.74) is 0.283. The van der Waals surface area contributed by atoms with Gasteiger partial charge in [0.1, 0.15) is 0 Å². The van der Waals surface area contributed by atoms with Gasteiger partial charge in [-0.05, 0) is 36.1 Å². The molecular formula is C11H16O3S. The van der Waals surface area contributed by atoms with Crippen LogP contribution in [0.4, 0.5) is 0 Å². The lowest BCUT2D eigenvalue weighted by Crippen LogP contribution is -2.08. The number of hydrogen-bond donors (Lipinski definition) is 2. The van der Waals surface area contributed by atoms with Gasteiger partial charge in [0.05, 0.1) is 0 Å². The van der Waals surface area contributed by atoms with E-state index in [2.05, 4.69) is 17.5 Å². The Hall–Kier alpha value is -0.870. The standard InChI is InChI=1S/C9H12OS.C2H4O2/c10-7-9(3-4-9)6-8-2-1-5-11-8;1-2(3)4/h1-2,5,10H,3-4,6-7H2;1H3,(H,3,4). The molecule has 0 aromatic carbocycles. The number of thiophene rings is 1. The Morgan fingerprint density at radius 3 is 2.53 bits per heavy atom. The highest BCUT2D eigenvalue weighted by Gasteiger charge is 2.41. The maximum Gasteiger partial charge on any atom is 0.300 e. The quantitative estimate of drug-likeness (QED) is 0.833. The average molecular weight is 228 g/mol. The minimum Gasteiger partial charge on any atom is -0.481 e. The molecule has 0 amide bonds. The van der Waals surface area contributed by atoms with Crippen molar-refractivity contribution in [2.24, 2.45) is 5.41 Å². The number of aliphatic hydroxyl groups excluding tert-OH is 1. The summed E-state index contributed by atoms with van der Waals surface area (Å²) < 4.78 is 0. The van der Waals surface area contributed by atoms with Crippen LogP contribution in [0.3, 0.4) is 0 Å². The molecule has 1 aliphatic rings. The summed E-state index contributed by atoms with van der Waals surface area (Å²) in [7, 11) is 0. The lowest BCUT2D eigenvalue weighted by Gasteiger charge is -2.08. The third-order valence-corrected chi connectivity index (χ3v) is 3.30. The van der Waals surface area contributed by atoms with Gasteiger partial charge in [0.25, 0.3) is 5.97 Å². The van der Waals surface area contributed by atoms with Crippen LogP contribution < -0.4 is 0 Å². The summed E-state index contributed by atoms with van der Waals surface area (Å²) in [6.07, 6.45) is 3.50. The number of carbonyl (C=O) groups is 1. The number of hydrogen-bond acceptors (Lipinski definition) is 3. The maximum atomic E-state index is 9.06. The third-order valence-electron chi connectivity index (χ3n) is 2.42. The van der Waals surface area contributed by atoms with Gasteiger partial charge in [-0.15, -0.1) is 11.3 Å². The molecule has 3 nitrogen and oxygen atoms in total. The molecule has 0 saturated heterocycles. The lowest BCUT2D eigenvalue weighted by molar-refractivity contribution is -0.134. The van der Waals surface area contributed by atoms with Crippen molar-refractivity contribution >= 4 is 17.3 Å². The van der Waals surface area contributed by atoms with Gasteiger partial charge >= 0.3 is 0 Å². The Bertz CT molecular complexity index is 298. The van der Waals surface area contributed by atoms with E-state index in [-0.39, 0.29) is 5.41 Å². The minimum absolute atomic E-state index is 0.283. The smallest absolute Gasteiger partial charge is 0.300 e. The molecule has 0 bridgehead atoms. The van der Waals surface area contributed by atoms with Crippen molar-refractivity contribution < 1.29 is 15.0 Å². The predicted octanol–water partition coefficient (Wildman–Crippen LogP) is 2.15. The van der Waals surface area contributed by atoms with Gasteiger partial charge in [-0.3, -0.25) is 4.79 Å². The molecule has 4 heteroatoms. The van der Waals surface area contributed by atoms with Gasteiger partial charge in [0.2, 0.25) is 0 Å². The fourth-order valence-electron chi connectivity index (χ4n) is 1.35. The Balaban J connectivity index is 0.000000245. The van der Waals surface area contributed by atoms with Crippen LogP contribution in [0, 0.1) is 5.41 Å². The van der Waals surface area contributed by atoms with Crippen LogP contribution in [0.15, 0.2) is 17.5 Å². The first kappa shape index (κ1) is 12.2. The van der Waals surface area contributed by atoms with Crippen LogP contribution in [0.2, 0.25) is 0 Å². The molecular weight excluding hydrogens is 212 g/mol. The van der Waals surface area contributed by atoms with Crippen molar-refractivity contribution in [3.8, 4) is 0 Å². The first-order valence-corrected chi connectivity index (χ1v) is 5.79. The molecule has 0 radical (unpaired) electrons. The highest BCUT2D eigenvalue weighted by atomic mass is 32.1. The Kier molecular flexibility index (Phi) is 4.29. The van der Waals surface area contributed by atoms with Crippen LogP contribution in [0.5, 0.6) is 0 Å². The second-order valence-corrected chi connectivity index (χ2v) is 4.97. The number of carboxylic acid groups (broad SMARTS) is 1. The van der Waals surface area contributed by atoms with Gasteiger partial charge in [-0.2, -0.15) is 0 Å². The largest absolute Gasteiger partial charge is 0.481 e. The van der Waals surface area contributed by atoms with E-state index in [1.165, 1.54) is 17.7 Å². The summed E-state index contributed by atoms with van der Waals surface area (Å²) in [5.74, 6) is -0.833. The molecule has 1 heterocycles. The molecule has 2 rings (SSSR count). The van der Waals surface area contributed by atoms with E-state index < -0.39 is 5.97 Å². The van der Waals surface area contributed by atoms with Crippen LogP contribution in [0.1, 0.15) is 24.6 Å². The molecule has 2 N–H and O–H groups in total. The second kappa shape index (κ2) is 5.28. The van der Waals surface area contributed by atoms with Gasteiger partial charge < -0.3 is 10.2 Å². The molecule has 1 fully saturated rings. The molecule has 0 aliphatic heterocycles.